The number of thiazole rings is 1. The number of carboxylic acid groups (broad SMARTS) is 1. The summed E-state index contributed by atoms with van der Waals surface area (Å²) in [6, 6.07) is 10.6. The van der Waals surface area contributed by atoms with Crippen molar-refractivity contribution in [1.82, 2.24) is 4.40 Å². The first-order valence-electron chi connectivity index (χ1n) is 6.57. The fraction of sp³-hybridized carbons (Fsp3) is 0.188. The van der Waals surface area contributed by atoms with Gasteiger partial charge in [0.2, 0.25) is 0 Å². The highest BCUT2D eigenvalue weighted by molar-refractivity contribution is 7.15. The van der Waals surface area contributed by atoms with Crippen LogP contribution in [0.3, 0.4) is 0 Å². The van der Waals surface area contributed by atoms with E-state index in [2.05, 4.69) is 37.3 Å². The first-order chi connectivity index (χ1) is 9.67. The molecule has 4 heteroatoms. The molecule has 3 nitrogen and oxygen atoms in total. The maximum Gasteiger partial charge on any atom is 0.309 e. The van der Waals surface area contributed by atoms with Gasteiger partial charge in [0.15, 0.2) is 0 Å². The Balaban J connectivity index is 2.04. The fourth-order valence-corrected chi connectivity index (χ4v) is 3.29. The quantitative estimate of drug-likeness (QED) is 0.791. The van der Waals surface area contributed by atoms with Gasteiger partial charge in [0, 0.05) is 22.8 Å². The zero-order chi connectivity index (χ0) is 14.1. The summed E-state index contributed by atoms with van der Waals surface area (Å²) in [6.45, 7) is 2.14. The lowest BCUT2D eigenvalue weighted by Crippen LogP contribution is -2.01. The molecule has 2 aromatic heterocycles. The summed E-state index contributed by atoms with van der Waals surface area (Å²) in [5.41, 5.74) is 4.46. The lowest BCUT2D eigenvalue weighted by atomic mass is 10.0. The summed E-state index contributed by atoms with van der Waals surface area (Å²) >= 11 is 1.58. The number of hydrogen-bond donors (Lipinski definition) is 1. The average molecular weight is 285 g/mol. The van der Waals surface area contributed by atoms with Gasteiger partial charge in [-0.25, -0.2) is 0 Å². The summed E-state index contributed by atoms with van der Waals surface area (Å²) in [6.07, 6.45) is 3.10. The molecule has 102 valence electrons. The van der Waals surface area contributed by atoms with E-state index in [4.69, 9.17) is 5.11 Å². The normalized spacial score (nSPS) is 11.1. The van der Waals surface area contributed by atoms with Crippen LogP contribution in [0.5, 0.6) is 0 Å². The van der Waals surface area contributed by atoms with Crippen molar-refractivity contribution in [2.75, 3.05) is 0 Å². The summed E-state index contributed by atoms with van der Waals surface area (Å²) in [5.74, 6) is -0.798. The molecule has 0 atom stereocenters. The maximum absolute atomic E-state index is 10.9. The van der Waals surface area contributed by atoms with Crippen molar-refractivity contribution in [3.8, 4) is 11.1 Å². The number of benzene rings is 1. The van der Waals surface area contributed by atoms with Gasteiger partial charge in [-0.05, 0) is 23.6 Å². The maximum atomic E-state index is 10.9. The molecular weight excluding hydrogens is 270 g/mol. The van der Waals surface area contributed by atoms with Gasteiger partial charge < -0.3 is 9.51 Å². The Labute approximate surface area is 121 Å². The van der Waals surface area contributed by atoms with E-state index >= 15 is 0 Å². The monoisotopic (exact) mass is 285 g/mol. The largest absolute Gasteiger partial charge is 0.481 e. The van der Waals surface area contributed by atoms with Gasteiger partial charge in [-0.15, -0.1) is 11.3 Å². The SMILES string of the molecule is CCc1cccc(-c2cc3scc(CC(=O)O)n3c2)c1. The van der Waals surface area contributed by atoms with Crippen LogP contribution in [0.15, 0.2) is 41.9 Å². The van der Waals surface area contributed by atoms with Crippen molar-refractivity contribution < 1.29 is 9.90 Å². The van der Waals surface area contributed by atoms with Crippen LogP contribution in [0.1, 0.15) is 18.2 Å². The third-order valence-corrected chi connectivity index (χ3v) is 4.36. The van der Waals surface area contributed by atoms with Crippen molar-refractivity contribution >= 4 is 22.1 Å². The minimum Gasteiger partial charge on any atom is -0.481 e. The molecule has 0 aliphatic heterocycles. The molecule has 0 radical (unpaired) electrons. The Hall–Kier alpha value is -2.07. The van der Waals surface area contributed by atoms with E-state index in [1.807, 2.05) is 16.0 Å². The number of rotatable bonds is 4. The van der Waals surface area contributed by atoms with Gasteiger partial charge >= 0.3 is 5.97 Å². The predicted octanol–water partition coefficient (Wildman–Crippen LogP) is 3.86. The van der Waals surface area contributed by atoms with Crippen molar-refractivity contribution in [2.24, 2.45) is 0 Å². The van der Waals surface area contributed by atoms with E-state index in [-0.39, 0.29) is 6.42 Å². The number of carbonyl (C=O) groups is 1. The second-order valence-corrected chi connectivity index (χ2v) is 5.68. The number of hydrogen-bond acceptors (Lipinski definition) is 2. The van der Waals surface area contributed by atoms with E-state index in [0.29, 0.717) is 0 Å². The highest BCUT2D eigenvalue weighted by atomic mass is 32.1. The molecule has 20 heavy (non-hydrogen) atoms. The minimum absolute atomic E-state index is 0.0587. The third kappa shape index (κ3) is 2.34. The number of aromatic nitrogens is 1. The van der Waals surface area contributed by atoms with Crippen LogP contribution in [0.2, 0.25) is 0 Å². The number of aliphatic carboxylic acids is 1. The molecule has 0 aliphatic rings. The zero-order valence-corrected chi connectivity index (χ0v) is 12.0. The zero-order valence-electron chi connectivity index (χ0n) is 11.2. The fourth-order valence-electron chi connectivity index (χ4n) is 2.35. The van der Waals surface area contributed by atoms with E-state index in [1.165, 1.54) is 11.1 Å². The molecule has 0 aliphatic carbocycles. The van der Waals surface area contributed by atoms with Crippen LogP contribution in [0.25, 0.3) is 16.0 Å². The summed E-state index contributed by atoms with van der Waals surface area (Å²) < 4.78 is 1.98. The Morgan fingerprint density at radius 2 is 2.15 bits per heavy atom. The first kappa shape index (κ1) is 12.9. The molecule has 1 N–H and O–H groups in total. The van der Waals surface area contributed by atoms with Crippen molar-refractivity contribution in [3.63, 3.8) is 0 Å². The van der Waals surface area contributed by atoms with Crippen molar-refractivity contribution in [3.05, 3.63) is 53.2 Å². The number of carboxylic acids is 1. The van der Waals surface area contributed by atoms with Gasteiger partial charge in [-0.1, -0.05) is 31.2 Å². The molecule has 0 spiro atoms. The third-order valence-electron chi connectivity index (χ3n) is 3.41. The Morgan fingerprint density at radius 1 is 1.30 bits per heavy atom. The smallest absolute Gasteiger partial charge is 0.309 e. The van der Waals surface area contributed by atoms with Crippen LogP contribution < -0.4 is 0 Å². The highest BCUT2D eigenvalue weighted by Crippen LogP contribution is 2.28. The standard InChI is InChI=1S/C16H15NO2S/c1-2-11-4-3-5-12(6-11)13-7-15-17(9-13)14(10-20-15)8-16(18)19/h3-7,9-10H,2,8H2,1H3,(H,18,19). The highest BCUT2D eigenvalue weighted by Gasteiger charge is 2.10. The van der Waals surface area contributed by atoms with Gasteiger partial charge in [0.05, 0.1) is 11.3 Å². The van der Waals surface area contributed by atoms with Crippen molar-refractivity contribution in [2.45, 2.75) is 19.8 Å². The topological polar surface area (TPSA) is 41.7 Å². The van der Waals surface area contributed by atoms with E-state index in [1.54, 1.807) is 11.3 Å². The molecule has 0 saturated heterocycles. The van der Waals surface area contributed by atoms with Gasteiger partial charge in [0.1, 0.15) is 0 Å². The predicted molar refractivity (Wildman–Crippen MR) is 81.4 cm³/mol. The average Bonchev–Trinajstić information content (AvgIpc) is 3.00. The van der Waals surface area contributed by atoms with Crippen LogP contribution in [-0.2, 0) is 17.6 Å². The first-order valence-corrected chi connectivity index (χ1v) is 7.45. The summed E-state index contributed by atoms with van der Waals surface area (Å²) in [5, 5.41) is 10.8. The summed E-state index contributed by atoms with van der Waals surface area (Å²) in [7, 11) is 0. The molecule has 0 amide bonds. The van der Waals surface area contributed by atoms with Crippen molar-refractivity contribution in [1.29, 1.82) is 0 Å². The lowest BCUT2D eigenvalue weighted by molar-refractivity contribution is -0.136. The van der Waals surface area contributed by atoms with Crippen LogP contribution >= 0.6 is 11.3 Å². The van der Waals surface area contributed by atoms with E-state index < -0.39 is 5.97 Å². The van der Waals surface area contributed by atoms with Crippen LogP contribution in [0, 0.1) is 0 Å². The molecule has 3 rings (SSSR count). The summed E-state index contributed by atoms with van der Waals surface area (Å²) in [4.78, 5) is 11.9. The molecule has 2 heterocycles. The Bertz CT molecular complexity index is 770. The Morgan fingerprint density at radius 3 is 2.90 bits per heavy atom. The molecule has 0 unspecified atom stereocenters. The molecule has 3 aromatic rings. The van der Waals surface area contributed by atoms with Gasteiger partial charge in [-0.2, -0.15) is 0 Å². The molecule has 0 bridgehead atoms. The molecular formula is C16H15NO2S. The minimum atomic E-state index is -0.798. The second kappa shape index (κ2) is 5.13. The molecule has 0 saturated carbocycles. The second-order valence-electron chi connectivity index (χ2n) is 4.79. The van der Waals surface area contributed by atoms with Crippen LogP contribution in [-0.4, -0.2) is 15.5 Å². The number of fused-ring (bicyclic) bond motifs is 1. The Kier molecular flexibility index (Phi) is 3.32. The van der Waals surface area contributed by atoms with Gasteiger partial charge in [0.25, 0.3) is 0 Å². The molecule has 1 aromatic carbocycles. The lowest BCUT2D eigenvalue weighted by Gasteiger charge is -2.01. The number of aryl methyl sites for hydroxylation is 1. The number of nitrogens with zero attached hydrogens (tertiary/aromatic N) is 1. The van der Waals surface area contributed by atoms with Gasteiger partial charge in [-0.3, -0.25) is 4.79 Å². The van der Waals surface area contributed by atoms with E-state index in [9.17, 15) is 4.79 Å². The molecule has 0 fully saturated rings. The van der Waals surface area contributed by atoms with Crippen LogP contribution in [0.4, 0.5) is 0 Å². The van der Waals surface area contributed by atoms with E-state index in [0.717, 1.165) is 22.5 Å².